The summed E-state index contributed by atoms with van der Waals surface area (Å²) in [5, 5.41) is 0. The van der Waals surface area contributed by atoms with Gasteiger partial charge >= 0.3 is 0 Å². The summed E-state index contributed by atoms with van der Waals surface area (Å²) in [6, 6.07) is 7.55. The molecular weight excluding hydrogens is 232 g/mol. The smallest absolute Gasteiger partial charge is 0.212 e. The van der Waals surface area contributed by atoms with Crippen molar-refractivity contribution in [2.75, 3.05) is 0 Å². The summed E-state index contributed by atoms with van der Waals surface area (Å²) in [5.74, 6) is 0.504. The predicted octanol–water partition coefficient (Wildman–Crippen LogP) is 2.95. The molecule has 0 spiro atoms. The van der Waals surface area contributed by atoms with Crippen molar-refractivity contribution < 1.29 is 8.42 Å². The second-order valence-electron chi connectivity index (χ2n) is 4.10. The predicted molar refractivity (Wildman–Crippen MR) is 63.5 cm³/mol. The van der Waals surface area contributed by atoms with Crippen LogP contribution in [0, 0.1) is 5.92 Å². The average Bonchev–Trinajstić information content (AvgIpc) is 2.05. The Morgan fingerprint density at radius 3 is 2.00 bits per heavy atom. The van der Waals surface area contributed by atoms with Gasteiger partial charge in [-0.2, -0.15) is 0 Å². The fraction of sp³-hybridized carbons (Fsp3) is 0.455. The van der Waals surface area contributed by atoms with Gasteiger partial charge in [-0.15, -0.1) is 0 Å². The number of halogens is 1. The molecule has 4 heteroatoms. The van der Waals surface area contributed by atoms with Crippen molar-refractivity contribution in [2.45, 2.75) is 26.0 Å². The largest absolute Gasteiger partial charge is 0.236 e. The third-order valence-corrected chi connectivity index (χ3v) is 3.01. The van der Waals surface area contributed by atoms with Crippen molar-refractivity contribution in [1.82, 2.24) is 0 Å². The van der Waals surface area contributed by atoms with E-state index in [1.165, 1.54) is 5.56 Å². The third-order valence-electron chi connectivity index (χ3n) is 2.01. The molecule has 15 heavy (non-hydrogen) atoms. The Hall–Kier alpha value is -0.540. The molecule has 0 bridgehead atoms. The highest BCUT2D eigenvalue weighted by Gasteiger charge is 2.06. The monoisotopic (exact) mass is 246 g/mol. The van der Waals surface area contributed by atoms with Crippen LogP contribution in [-0.4, -0.2) is 8.42 Å². The minimum atomic E-state index is -3.44. The number of benzene rings is 1. The molecule has 0 saturated heterocycles. The topological polar surface area (TPSA) is 34.1 Å². The molecule has 1 aromatic carbocycles. The molecule has 0 saturated carbocycles. The maximum Gasteiger partial charge on any atom is 0.236 e. The van der Waals surface area contributed by atoms with E-state index < -0.39 is 9.05 Å². The highest BCUT2D eigenvalue weighted by molar-refractivity contribution is 8.13. The van der Waals surface area contributed by atoms with Gasteiger partial charge in [-0.3, -0.25) is 0 Å². The lowest BCUT2D eigenvalue weighted by atomic mass is 10.0. The molecule has 0 unspecified atom stereocenters. The second-order valence-corrected chi connectivity index (χ2v) is 6.87. The number of hydrogen-bond acceptors (Lipinski definition) is 2. The summed E-state index contributed by atoms with van der Waals surface area (Å²) in [4.78, 5) is 0. The van der Waals surface area contributed by atoms with Crippen LogP contribution in [0.2, 0.25) is 0 Å². The van der Waals surface area contributed by atoms with Gasteiger partial charge in [-0.05, 0) is 23.5 Å². The first-order chi connectivity index (χ1) is 6.87. The first kappa shape index (κ1) is 12.5. The van der Waals surface area contributed by atoms with E-state index in [9.17, 15) is 8.42 Å². The van der Waals surface area contributed by atoms with Crippen LogP contribution in [0.4, 0.5) is 0 Å². The zero-order valence-corrected chi connectivity index (χ0v) is 10.5. The van der Waals surface area contributed by atoms with E-state index in [4.69, 9.17) is 10.7 Å². The first-order valence-electron chi connectivity index (χ1n) is 4.87. The maximum atomic E-state index is 10.8. The van der Waals surface area contributed by atoms with Crippen molar-refractivity contribution in [2.24, 2.45) is 5.92 Å². The molecule has 0 aliphatic carbocycles. The SMILES string of the molecule is CC(C)Cc1ccc(CS(=O)(=O)Cl)cc1. The second kappa shape index (κ2) is 4.99. The van der Waals surface area contributed by atoms with E-state index in [0.717, 1.165) is 12.0 Å². The van der Waals surface area contributed by atoms with Gasteiger partial charge in [0.05, 0.1) is 5.75 Å². The van der Waals surface area contributed by atoms with Crippen LogP contribution in [-0.2, 0) is 21.2 Å². The van der Waals surface area contributed by atoms with Crippen LogP contribution < -0.4 is 0 Å². The Labute approximate surface area is 95.7 Å². The van der Waals surface area contributed by atoms with Gasteiger partial charge in [-0.1, -0.05) is 38.1 Å². The summed E-state index contributed by atoms with van der Waals surface area (Å²) in [7, 11) is 1.72. The zero-order chi connectivity index (χ0) is 11.5. The molecule has 0 atom stereocenters. The fourth-order valence-corrected chi connectivity index (χ4v) is 2.41. The van der Waals surface area contributed by atoms with Crippen LogP contribution in [0.15, 0.2) is 24.3 Å². The molecule has 84 valence electrons. The lowest BCUT2D eigenvalue weighted by molar-refractivity contribution is 0.609. The van der Waals surface area contributed by atoms with E-state index in [-0.39, 0.29) is 5.75 Å². The summed E-state index contributed by atoms with van der Waals surface area (Å²) in [6.07, 6.45) is 1.01. The van der Waals surface area contributed by atoms with E-state index in [1.807, 2.05) is 24.3 Å². The zero-order valence-electron chi connectivity index (χ0n) is 8.90. The molecule has 1 aromatic rings. The lowest BCUT2D eigenvalue weighted by Crippen LogP contribution is -1.97. The molecule has 2 nitrogen and oxygen atoms in total. The van der Waals surface area contributed by atoms with Gasteiger partial charge in [0.1, 0.15) is 0 Å². The van der Waals surface area contributed by atoms with Crippen LogP contribution in [0.25, 0.3) is 0 Å². The van der Waals surface area contributed by atoms with E-state index >= 15 is 0 Å². The van der Waals surface area contributed by atoms with E-state index in [2.05, 4.69) is 13.8 Å². The Kier molecular flexibility index (Phi) is 4.17. The van der Waals surface area contributed by atoms with E-state index in [0.29, 0.717) is 5.92 Å². The Morgan fingerprint density at radius 1 is 1.13 bits per heavy atom. The van der Waals surface area contributed by atoms with Gasteiger partial charge in [0.15, 0.2) is 0 Å². The standard InChI is InChI=1S/C11H15ClO2S/c1-9(2)7-10-3-5-11(6-4-10)8-15(12,13)14/h3-6,9H,7-8H2,1-2H3. The average molecular weight is 247 g/mol. The Bertz CT molecular complexity index is 407. The molecule has 0 fully saturated rings. The molecule has 1 rings (SSSR count). The third kappa shape index (κ3) is 5.19. The van der Waals surface area contributed by atoms with Crippen LogP contribution in [0.3, 0.4) is 0 Å². The molecule has 0 radical (unpaired) electrons. The van der Waals surface area contributed by atoms with Crippen LogP contribution in [0.1, 0.15) is 25.0 Å². The molecule has 0 amide bonds. The van der Waals surface area contributed by atoms with Crippen molar-refractivity contribution in [3.05, 3.63) is 35.4 Å². The van der Waals surface area contributed by atoms with Gasteiger partial charge in [0.2, 0.25) is 9.05 Å². The molecular formula is C11H15ClO2S. The minimum Gasteiger partial charge on any atom is -0.212 e. The van der Waals surface area contributed by atoms with Crippen molar-refractivity contribution in [1.29, 1.82) is 0 Å². The normalized spacial score (nSPS) is 12.0. The Morgan fingerprint density at radius 2 is 1.60 bits per heavy atom. The van der Waals surface area contributed by atoms with Crippen LogP contribution >= 0.6 is 10.7 Å². The van der Waals surface area contributed by atoms with E-state index in [1.54, 1.807) is 0 Å². The van der Waals surface area contributed by atoms with Gasteiger partial charge in [-0.25, -0.2) is 8.42 Å². The van der Waals surface area contributed by atoms with Crippen molar-refractivity contribution >= 4 is 19.7 Å². The number of hydrogen-bond donors (Lipinski definition) is 0. The highest BCUT2D eigenvalue weighted by Crippen LogP contribution is 2.13. The first-order valence-corrected chi connectivity index (χ1v) is 7.35. The molecule has 0 heterocycles. The quantitative estimate of drug-likeness (QED) is 0.766. The fourth-order valence-electron chi connectivity index (χ4n) is 1.44. The maximum absolute atomic E-state index is 10.8. The minimum absolute atomic E-state index is 0.101. The molecule has 0 N–H and O–H groups in total. The van der Waals surface area contributed by atoms with Gasteiger partial charge in [0, 0.05) is 10.7 Å². The summed E-state index contributed by atoms with van der Waals surface area (Å²) >= 11 is 0. The summed E-state index contributed by atoms with van der Waals surface area (Å²) < 4.78 is 21.7. The highest BCUT2D eigenvalue weighted by atomic mass is 35.7. The molecule has 0 aliphatic rings. The van der Waals surface area contributed by atoms with Crippen LogP contribution in [0.5, 0.6) is 0 Å². The Balaban J connectivity index is 2.73. The number of rotatable bonds is 4. The van der Waals surface area contributed by atoms with Gasteiger partial charge < -0.3 is 0 Å². The van der Waals surface area contributed by atoms with Crippen molar-refractivity contribution in [3.8, 4) is 0 Å². The molecule has 0 aliphatic heterocycles. The lowest BCUT2D eigenvalue weighted by Gasteiger charge is -2.05. The van der Waals surface area contributed by atoms with Gasteiger partial charge in [0.25, 0.3) is 0 Å². The summed E-state index contributed by atoms with van der Waals surface area (Å²) in [5.41, 5.74) is 1.96. The summed E-state index contributed by atoms with van der Waals surface area (Å²) in [6.45, 7) is 4.30. The van der Waals surface area contributed by atoms with Crippen molar-refractivity contribution in [3.63, 3.8) is 0 Å². The molecule has 0 aromatic heterocycles.